The fourth-order valence-electron chi connectivity index (χ4n) is 2.93. The van der Waals surface area contributed by atoms with E-state index < -0.39 is 5.97 Å². The highest BCUT2D eigenvalue weighted by Crippen LogP contribution is 2.29. The van der Waals surface area contributed by atoms with Crippen LogP contribution >= 0.6 is 11.3 Å². The van der Waals surface area contributed by atoms with E-state index in [1.165, 1.54) is 29.9 Å². The molecule has 31 heavy (non-hydrogen) atoms. The molecule has 0 saturated heterocycles. The number of carbonyl (C=O) groups is 2. The van der Waals surface area contributed by atoms with Gasteiger partial charge in [-0.2, -0.15) is 0 Å². The molecular formula is C24H24N2O4S. The summed E-state index contributed by atoms with van der Waals surface area (Å²) in [4.78, 5) is 30.3. The van der Waals surface area contributed by atoms with Crippen LogP contribution in [0.4, 0.5) is 10.8 Å². The fourth-order valence-corrected chi connectivity index (χ4v) is 3.80. The van der Waals surface area contributed by atoms with Crippen molar-refractivity contribution in [2.75, 3.05) is 12.0 Å². The Kier molecular flexibility index (Phi) is 7.56. The molecule has 1 aromatic heterocycles. The molecular weight excluding hydrogens is 412 g/mol. The van der Waals surface area contributed by atoms with E-state index in [1.807, 2.05) is 48.5 Å². The molecule has 0 unspecified atom stereocenters. The Morgan fingerprint density at radius 1 is 1.13 bits per heavy atom. The molecule has 0 spiro atoms. The summed E-state index contributed by atoms with van der Waals surface area (Å²) < 4.78 is 10.5. The van der Waals surface area contributed by atoms with E-state index in [1.54, 1.807) is 23.5 Å². The predicted octanol–water partition coefficient (Wildman–Crippen LogP) is 5.16. The second kappa shape index (κ2) is 10.5. The summed E-state index contributed by atoms with van der Waals surface area (Å²) in [5.74, 6) is 0.0490. The number of aromatic nitrogens is 1. The lowest BCUT2D eigenvalue weighted by Gasteiger charge is -2.18. The number of amides is 1. The van der Waals surface area contributed by atoms with Gasteiger partial charge in [-0.3, -0.25) is 9.69 Å². The second-order valence-electron chi connectivity index (χ2n) is 6.68. The van der Waals surface area contributed by atoms with E-state index in [9.17, 15) is 9.59 Å². The van der Waals surface area contributed by atoms with Gasteiger partial charge in [0, 0.05) is 23.9 Å². The predicted molar refractivity (Wildman–Crippen MR) is 123 cm³/mol. The Morgan fingerprint density at radius 2 is 1.87 bits per heavy atom. The van der Waals surface area contributed by atoms with Crippen LogP contribution in [-0.4, -0.2) is 24.0 Å². The van der Waals surface area contributed by atoms with Crippen LogP contribution in [0, 0.1) is 0 Å². The fraction of sp³-hybridized carbons (Fsp3) is 0.208. The Labute approximate surface area is 185 Å². The summed E-state index contributed by atoms with van der Waals surface area (Å²) in [6.07, 6.45) is 3.92. The molecule has 160 valence electrons. The Bertz CT molecular complexity index is 1070. The van der Waals surface area contributed by atoms with Crippen molar-refractivity contribution in [2.45, 2.75) is 26.9 Å². The lowest BCUT2D eigenvalue weighted by atomic mass is 10.1. The third-order valence-corrected chi connectivity index (χ3v) is 5.42. The van der Waals surface area contributed by atoms with Crippen LogP contribution in [0.25, 0.3) is 6.08 Å². The highest BCUT2D eigenvalue weighted by atomic mass is 32.1. The molecule has 1 heterocycles. The van der Waals surface area contributed by atoms with Gasteiger partial charge in [-0.25, -0.2) is 9.78 Å². The van der Waals surface area contributed by atoms with Crippen LogP contribution in [0.3, 0.4) is 0 Å². The summed E-state index contributed by atoms with van der Waals surface area (Å²) in [5, 5.41) is 2.32. The molecule has 1 amide bonds. The molecule has 0 saturated carbocycles. The highest BCUT2D eigenvalue weighted by Gasteiger charge is 2.18. The topological polar surface area (TPSA) is 68.7 Å². The molecule has 0 aliphatic carbocycles. The summed E-state index contributed by atoms with van der Waals surface area (Å²) in [5.41, 5.74) is 3.31. The maximum absolute atomic E-state index is 12.2. The average Bonchev–Trinajstić information content (AvgIpc) is 3.25. The molecule has 0 aliphatic heterocycles. The van der Waals surface area contributed by atoms with Crippen molar-refractivity contribution in [3.05, 3.63) is 76.8 Å². The number of thiazole rings is 1. The molecule has 0 aliphatic rings. The molecule has 0 fully saturated rings. The molecule has 0 N–H and O–H groups in total. The first kappa shape index (κ1) is 22.2. The van der Waals surface area contributed by atoms with Crippen LogP contribution in [0.15, 0.2) is 60.0 Å². The molecule has 7 heteroatoms. The number of carbonyl (C=O) groups excluding carboxylic acids is 2. The number of benzene rings is 2. The van der Waals surface area contributed by atoms with Crippen molar-refractivity contribution in [2.24, 2.45) is 0 Å². The number of hydrogen-bond donors (Lipinski definition) is 0. The van der Waals surface area contributed by atoms with E-state index in [4.69, 9.17) is 9.47 Å². The van der Waals surface area contributed by atoms with Crippen LogP contribution in [-0.2, 0) is 27.4 Å². The van der Waals surface area contributed by atoms with Gasteiger partial charge in [-0.1, -0.05) is 37.3 Å². The van der Waals surface area contributed by atoms with Crippen LogP contribution in [0.2, 0.25) is 0 Å². The van der Waals surface area contributed by atoms with E-state index in [0.29, 0.717) is 16.6 Å². The number of anilines is 2. The Hall–Kier alpha value is -3.45. The average molecular weight is 437 g/mol. The maximum atomic E-state index is 12.2. The van der Waals surface area contributed by atoms with Gasteiger partial charge >= 0.3 is 5.97 Å². The SMILES string of the molecule is CCc1ccc(N(C(C)=O)c2nc(COC(=O)/C=C/c3ccccc3OC)cs2)cc1. The van der Waals surface area contributed by atoms with Gasteiger partial charge < -0.3 is 9.47 Å². The molecule has 0 radical (unpaired) electrons. The van der Waals surface area contributed by atoms with Crippen LogP contribution in [0.5, 0.6) is 5.75 Å². The first-order valence-corrected chi connectivity index (χ1v) is 10.7. The number of rotatable bonds is 8. The number of hydrogen-bond acceptors (Lipinski definition) is 6. The Morgan fingerprint density at radius 3 is 2.55 bits per heavy atom. The summed E-state index contributed by atoms with van der Waals surface area (Å²) in [6.45, 7) is 3.60. The minimum Gasteiger partial charge on any atom is -0.496 e. The van der Waals surface area contributed by atoms with E-state index in [2.05, 4.69) is 11.9 Å². The van der Waals surface area contributed by atoms with Crippen molar-refractivity contribution >= 4 is 40.1 Å². The summed E-state index contributed by atoms with van der Waals surface area (Å²) in [6, 6.07) is 15.2. The zero-order valence-corrected chi connectivity index (χ0v) is 18.5. The molecule has 3 rings (SSSR count). The number of aryl methyl sites for hydroxylation is 1. The van der Waals surface area contributed by atoms with Crippen molar-refractivity contribution in [3.8, 4) is 5.75 Å². The highest BCUT2D eigenvalue weighted by molar-refractivity contribution is 7.14. The van der Waals surface area contributed by atoms with Gasteiger partial charge in [-0.05, 0) is 36.3 Å². The standard InChI is InChI=1S/C24H24N2O4S/c1-4-18-9-12-21(13-10-18)26(17(2)27)24-25-20(16-31-24)15-30-23(28)14-11-19-7-5-6-8-22(19)29-3/h5-14,16H,4,15H2,1-3H3/b14-11+. The molecule has 6 nitrogen and oxygen atoms in total. The summed E-state index contributed by atoms with van der Waals surface area (Å²) >= 11 is 1.33. The molecule has 0 bridgehead atoms. The number of methoxy groups -OCH3 is 1. The van der Waals surface area contributed by atoms with E-state index in [0.717, 1.165) is 17.7 Å². The van der Waals surface area contributed by atoms with Gasteiger partial charge in [0.25, 0.3) is 0 Å². The van der Waals surface area contributed by atoms with Crippen molar-refractivity contribution < 1.29 is 19.1 Å². The Balaban J connectivity index is 1.65. The van der Waals surface area contributed by atoms with Crippen LogP contribution < -0.4 is 9.64 Å². The quantitative estimate of drug-likeness (QED) is 0.361. The lowest BCUT2D eigenvalue weighted by Crippen LogP contribution is -2.22. The minimum atomic E-state index is -0.487. The third kappa shape index (κ3) is 5.79. The monoisotopic (exact) mass is 436 g/mol. The number of esters is 1. The van der Waals surface area contributed by atoms with Gasteiger partial charge in [0.2, 0.25) is 5.91 Å². The third-order valence-electron chi connectivity index (χ3n) is 4.55. The van der Waals surface area contributed by atoms with E-state index in [-0.39, 0.29) is 12.5 Å². The van der Waals surface area contributed by atoms with Gasteiger partial charge in [0.1, 0.15) is 12.4 Å². The molecule has 0 atom stereocenters. The smallest absolute Gasteiger partial charge is 0.331 e. The second-order valence-corrected chi connectivity index (χ2v) is 7.52. The van der Waals surface area contributed by atoms with Gasteiger partial charge in [-0.15, -0.1) is 11.3 Å². The maximum Gasteiger partial charge on any atom is 0.331 e. The van der Waals surface area contributed by atoms with Crippen molar-refractivity contribution in [1.82, 2.24) is 4.98 Å². The zero-order chi connectivity index (χ0) is 22.2. The molecule has 2 aromatic carbocycles. The van der Waals surface area contributed by atoms with Gasteiger partial charge in [0.05, 0.1) is 18.5 Å². The van der Waals surface area contributed by atoms with E-state index >= 15 is 0 Å². The van der Waals surface area contributed by atoms with Crippen molar-refractivity contribution in [3.63, 3.8) is 0 Å². The minimum absolute atomic E-state index is 0.0200. The lowest BCUT2D eigenvalue weighted by molar-refractivity contribution is -0.139. The number of ether oxygens (including phenoxy) is 2. The van der Waals surface area contributed by atoms with Gasteiger partial charge in [0.15, 0.2) is 5.13 Å². The number of nitrogens with zero attached hydrogens (tertiary/aromatic N) is 2. The van der Waals surface area contributed by atoms with Crippen molar-refractivity contribution in [1.29, 1.82) is 0 Å². The van der Waals surface area contributed by atoms with Crippen LogP contribution in [0.1, 0.15) is 30.7 Å². The largest absolute Gasteiger partial charge is 0.496 e. The normalized spacial score (nSPS) is 10.8. The first-order valence-electron chi connectivity index (χ1n) is 9.83. The number of para-hydroxylation sites is 1. The summed E-state index contributed by atoms with van der Waals surface area (Å²) in [7, 11) is 1.58. The molecule has 3 aromatic rings. The first-order chi connectivity index (χ1) is 15.0. The zero-order valence-electron chi connectivity index (χ0n) is 17.7.